The minimum Gasteiger partial charge on any atom is -0.387 e. The maximum Gasteiger partial charge on any atom is 0.311 e. The molecule has 2 aromatic carbocycles. The number of rotatable bonds is 2. The van der Waals surface area contributed by atoms with Crippen molar-refractivity contribution in [2.24, 2.45) is 0 Å². The quantitative estimate of drug-likeness (QED) is 0.431. The predicted molar refractivity (Wildman–Crippen MR) is 77.5 cm³/mol. The van der Waals surface area contributed by atoms with Gasteiger partial charge in [0.25, 0.3) is 5.69 Å². The molecule has 0 spiro atoms. The summed E-state index contributed by atoms with van der Waals surface area (Å²) in [6.45, 7) is 0. The van der Waals surface area contributed by atoms with E-state index in [2.05, 4.69) is 0 Å². The fourth-order valence-corrected chi connectivity index (χ4v) is 2.58. The number of fused-ring (bicyclic) bond motifs is 2. The average Bonchev–Trinajstić information content (AvgIpc) is 2.51. The largest absolute Gasteiger partial charge is 0.387 e. The molecule has 0 atom stereocenters. The Morgan fingerprint density at radius 3 is 1.96 bits per heavy atom. The molecule has 2 N–H and O–H groups in total. The number of anilines is 1. The van der Waals surface area contributed by atoms with Crippen LogP contribution in [-0.4, -0.2) is 21.4 Å². The lowest BCUT2D eigenvalue weighted by Crippen LogP contribution is -2.23. The van der Waals surface area contributed by atoms with Crippen LogP contribution in [0.4, 0.5) is 17.1 Å². The van der Waals surface area contributed by atoms with Crippen LogP contribution in [0.3, 0.4) is 0 Å². The highest BCUT2D eigenvalue weighted by Gasteiger charge is 2.40. The van der Waals surface area contributed by atoms with Crippen molar-refractivity contribution in [3.05, 3.63) is 72.8 Å². The fourth-order valence-electron chi connectivity index (χ4n) is 2.58. The van der Waals surface area contributed by atoms with E-state index in [-0.39, 0.29) is 16.7 Å². The zero-order valence-corrected chi connectivity index (χ0v) is 11.3. The van der Waals surface area contributed by atoms with E-state index < -0.39 is 44.0 Å². The van der Waals surface area contributed by atoms with Gasteiger partial charge in [0.2, 0.25) is 5.78 Å². The van der Waals surface area contributed by atoms with Crippen LogP contribution in [0.2, 0.25) is 0 Å². The molecule has 0 bridgehead atoms. The second kappa shape index (κ2) is 4.70. The molecule has 23 heavy (non-hydrogen) atoms. The van der Waals surface area contributed by atoms with Crippen LogP contribution in [0.5, 0.6) is 0 Å². The molecule has 0 heterocycles. The highest BCUT2D eigenvalue weighted by molar-refractivity contribution is 6.30. The minimum atomic E-state index is -0.986. The number of nitro benzene ring substituents is 2. The van der Waals surface area contributed by atoms with Crippen LogP contribution in [-0.2, 0) is 0 Å². The third kappa shape index (κ3) is 1.87. The van der Waals surface area contributed by atoms with Crippen LogP contribution < -0.4 is 5.73 Å². The predicted octanol–water partition coefficient (Wildman–Crippen LogP) is 1.86. The summed E-state index contributed by atoms with van der Waals surface area (Å²) in [4.78, 5) is 45.4. The van der Waals surface area contributed by atoms with Gasteiger partial charge in [0.1, 0.15) is 5.56 Å². The summed E-state index contributed by atoms with van der Waals surface area (Å²) < 4.78 is 0. The number of nitrogen functional groups attached to an aromatic ring is 1. The third-order valence-electron chi connectivity index (χ3n) is 3.59. The van der Waals surface area contributed by atoms with E-state index in [4.69, 9.17) is 5.73 Å². The Morgan fingerprint density at radius 2 is 1.43 bits per heavy atom. The highest BCUT2D eigenvalue weighted by atomic mass is 16.6. The number of benzene rings is 2. The van der Waals surface area contributed by atoms with Crippen LogP contribution in [0.15, 0.2) is 30.3 Å². The van der Waals surface area contributed by atoms with Gasteiger partial charge in [-0.3, -0.25) is 29.8 Å². The zero-order chi connectivity index (χ0) is 16.9. The highest BCUT2D eigenvalue weighted by Crippen LogP contribution is 2.41. The van der Waals surface area contributed by atoms with Gasteiger partial charge in [-0.05, 0) is 0 Å². The Kier molecular flexibility index (Phi) is 2.93. The number of hydrogen-bond acceptors (Lipinski definition) is 7. The fraction of sp³-hybridized carbons (Fsp3) is 0. The second-order valence-electron chi connectivity index (χ2n) is 4.80. The Hall–Kier alpha value is -3.62. The van der Waals surface area contributed by atoms with Crippen molar-refractivity contribution < 1.29 is 19.4 Å². The topological polar surface area (TPSA) is 146 Å². The number of carbonyl (C=O) groups is 2. The molecule has 0 saturated carbocycles. The molecule has 0 radical (unpaired) electrons. The molecular weight excluding hydrogens is 306 g/mol. The summed E-state index contributed by atoms with van der Waals surface area (Å²) >= 11 is 0. The Balaban J connectivity index is 2.45. The van der Waals surface area contributed by atoms with Gasteiger partial charge in [-0.2, -0.15) is 0 Å². The third-order valence-corrected chi connectivity index (χ3v) is 3.59. The normalized spacial score (nSPS) is 12.5. The Bertz CT molecular complexity index is 934. The first-order chi connectivity index (χ1) is 10.8. The summed E-state index contributed by atoms with van der Waals surface area (Å²) in [7, 11) is 0. The molecular formula is C14H7N3O6. The maximum absolute atomic E-state index is 12.5. The molecule has 0 unspecified atom stereocenters. The van der Waals surface area contributed by atoms with Gasteiger partial charge in [0.05, 0.1) is 9.85 Å². The number of ketones is 2. The molecule has 0 fully saturated rings. The lowest BCUT2D eigenvalue weighted by Gasteiger charge is -2.17. The first-order valence-electron chi connectivity index (χ1n) is 6.28. The van der Waals surface area contributed by atoms with E-state index in [1.807, 2.05) is 0 Å². The molecule has 0 amide bonds. The number of nitrogens with zero attached hydrogens (tertiary/aromatic N) is 2. The second-order valence-corrected chi connectivity index (χ2v) is 4.80. The van der Waals surface area contributed by atoms with Crippen molar-refractivity contribution in [2.75, 3.05) is 5.73 Å². The van der Waals surface area contributed by atoms with Crippen molar-refractivity contribution in [1.29, 1.82) is 0 Å². The van der Waals surface area contributed by atoms with Gasteiger partial charge < -0.3 is 5.73 Å². The molecule has 3 rings (SSSR count). The molecule has 1 aliphatic carbocycles. The van der Waals surface area contributed by atoms with Gasteiger partial charge in [-0.1, -0.05) is 24.3 Å². The Morgan fingerprint density at radius 1 is 0.870 bits per heavy atom. The lowest BCUT2D eigenvalue weighted by molar-refractivity contribution is -0.392. The number of nitro groups is 2. The van der Waals surface area contributed by atoms with Crippen LogP contribution >= 0.6 is 0 Å². The molecule has 9 heteroatoms. The van der Waals surface area contributed by atoms with E-state index in [9.17, 15) is 29.8 Å². The van der Waals surface area contributed by atoms with E-state index in [1.165, 1.54) is 24.3 Å². The van der Waals surface area contributed by atoms with E-state index >= 15 is 0 Å². The summed E-state index contributed by atoms with van der Waals surface area (Å²) in [5.41, 5.74) is 2.18. The van der Waals surface area contributed by atoms with Crippen LogP contribution in [0.1, 0.15) is 31.8 Å². The Labute approximate surface area is 127 Å². The molecule has 114 valence electrons. The summed E-state index contributed by atoms with van der Waals surface area (Å²) in [5.74, 6) is -1.45. The van der Waals surface area contributed by atoms with Gasteiger partial charge in [0, 0.05) is 22.8 Å². The summed E-state index contributed by atoms with van der Waals surface area (Å²) in [5, 5.41) is 22.3. The van der Waals surface area contributed by atoms with Crippen LogP contribution in [0, 0.1) is 20.2 Å². The van der Waals surface area contributed by atoms with Gasteiger partial charge in [0.15, 0.2) is 11.5 Å². The maximum atomic E-state index is 12.5. The molecule has 0 aliphatic heterocycles. The SMILES string of the molecule is Nc1c([N+](=O)[O-])cc2c(c1[N+](=O)[O-])C(=O)c1ccccc1C2=O. The zero-order valence-electron chi connectivity index (χ0n) is 11.3. The van der Waals surface area contributed by atoms with Gasteiger partial charge in [-0.25, -0.2) is 0 Å². The number of carbonyl (C=O) groups excluding carboxylic acids is 2. The average molecular weight is 313 g/mol. The molecule has 0 aromatic heterocycles. The number of nitrogens with two attached hydrogens (primary N) is 1. The van der Waals surface area contributed by atoms with E-state index in [0.29, 0.717) is 0 Å². The molecule has 2 aromatic rings. The summed E-state index contributed by atoms with van der Waals surface area (Å²) in [6, 6.07) is 6.59. The first kappa shape index (κ1) is 14.3. The van der Waals surface area contributed by atoms with E-state index in [1.54, 1.807) is 0 Å². The first-order valence-corrected chi connectivity index (χ1v) is 6.28. The van der Waals surface area contributed by atoms with Crippen molar-refractivity contribution in [1.82, 2.24) is 0 Å². The van der Waals surface area contributed by atoms with Gasteiger partial charge >= 0.3 is 5.69 Å². The summed E-state index contributed by atoms with van der Waals surface area (Å²) in [6.07, 6.45) is 0. The van der Waals surface area contributed by atoms with Crippen molar-refractivity contribution in [3.8, 4) is 0 Å². The lowest BCUT2D eigenvalue weighted by atomic mass is 9.82. The molecule has 9 nitrogen and oxygen atoms in total. The molecule has 1 aliphatic rings. The van der Waals surface area contributed by atoms with Crippen LogP contribution in [0.25, 0.3) is 0 Å². The van der Waals surface area contributed by atoms with Crippen molar-refractivity contribution in [3.63, 3.8) is 0 Å². The van der Waals surface area contributed by atoms with Gasteiger partial charge in [-0.15, -0.1) is 0 Å². The minimum absolute atomic E-state index is 0.00125. The van der Waals surface area contributed by atoms with E-state index in [0.717, 1.165) is 6.07 Å². The standard InChI is InChI=1S/C14H7N3O6/c15-11-9(16(20)21)5-8-10(12(11)17(22)23)14(19)7-4-2-1-3-6(7)13(8)18/h1-5H,15H2. The number of hydrogen-bond donors (Lipinski definition) is 1. The van der Waals surface area contributed by atoms with Crippen molar-refractivity contribution >= 4 is 28.6 Å². The monoisotopic (exact) mass is 313 g/mol. The smallest absolute Gasteiger partial charge is 0.311 e. The van der Waals surface area contributed by atoms with Crippen molar-refractivity contribution in [2.45, 2.75) is 0 Å². The molecule has 0 saturated heterocycles.